The lowest BCUT2D eigenvalue weighted by molar-refractivity contribution is 0.0711. The number of pyridine rings is 3. The maximum atomic E-state index is 14.7. The lowest BCUT2D eigenvalue weighted by Crippen LogP contribution is -2.37. The molecule has 3 amide bonds. The zero-order valence-corrected chi connectivity index (χ0v) is 52.8. The van der Waals surface area contributed by atoms with Gasteiger partial charge >= 0.3 is 0 Å². The molecule has 0 aliphatic carbocycles. The number of halogens is 5. The standard InChI is InChI=1S/C23H20BrFN4O.C23H22BrN3O2.C22H19BrFN3O2/c24-15-5-6-16(28-13-15)11-14-12-17-7-8-20(14)29(17)23(30)18-3-1-4-19(25)21(18)22-26-9-2-10-27-22;1-14-3-2-4-19(21(14)22-25-9-10-29-22)23(28)27-18-7-8-20(27)15(12-18)11-17-6-5-16(24)13-26-17;23-14-4-5-15(26-12-14)10-13-11-16-6-7-19(13)27(16)22(28)17-2-1-3-18(24)20(17)21-25-8-9-29-21/h1-6,9-10,13-14,17,20H,7-8,11-12H2;2-6,9-10,13,15,18,20H,7-8,11-12H2,1H3;1-5,8-9,12-13,16,19H,6-7,10-11H2. The van der Waals surface area contributed by atoms with E-state index in [1.807, 2.05) is 77.6 Å². The van der Waals surface area contributed by atoms with Crippen LogP contribution in [0.1, 0.15) is 112 Å². The molecule has 448 valence electrons. The minimum Gasteiger partial charge on any atom is -0.444 e. The number of hydrogen-bond acceptors (Lipinski definition) is 12. The lowest BCUT2D eigenvalue weighted by Gasteiger charge is -2.25. The Morgan fingerprint density at radius 3 is 1.24 bits per heavy atom. The number of aryl methyl sites for hydroxylation is 1. The van der Waals surface area contributed by atoms with E-state index in [0.29, 0.717) is 46.4 Å². The minimum atomic E-state index is -0.500. The first-order chi connectivity index (χ1) is 42.8. The summed E-state index contributed by atoms with van der Waals surface area (Å²) >= 11 is 10.3. The van der Waals surface area contributed by atoms with E-state index in [0.717, 1.165) is 119 Å². The second kappa shape index (κ2) is 25.8. The maximum absolute atomic E-state index is 14.7. The third kappa shape index (κ3) is 12.0. The van der Waals surface area contributed by atoms with Gasteiger partial charge in [-0.1, -0.05) is 24.3 Å². The van der Waals surface area contributed by atoms with Gasteiger partial charge in [-0.2, -0.15) is 0 Å². The number of fused-ring (bicyclic) bond motifs is 6. The van der Waals surface area contributed by atoms with E-state index < -0.39 is 11.6 Å². The van der Waals surface area contributed by atoms with E-state index in [4.69, 9.17) is 8.83 Å². The number of nitrogens with zero attached hydrogens (tertiary/aromatic N) is 10. The van der Waals surface area contributed by atoms with Crippen molar-refractivity contribution in [2.24, 2.45) is 17.8 Å². The van der Waals surface area contributed by atoms with Crippen LogP contribution < -0.4 is 0 Å². The zero-order valence-electron chi connectivity index (χ0n) is 48.0. The number of rotatable bonds is 12. The van der Waals surface area contributed by atoms with Crippen LogP contribution in [0.25, 0.3) is 34.3 Å². The molecule has 0 spiro atoms. The first kappa shape index (κ1) is 59.3. The Bertz CT molecular complexity index is 3790. The molecule has 6 saturated heterocycles. The van der Waals surface area contributed by atoms with Crippen LogP contribution in [-0.2, 0) is 19.3 Å². The molecule has 15 nitrogen and oxygen atoms in total. The molecule has 15 rings (SSSR count). The molecular weight excluding hydrogens is 1310 g/mol. The van der Waals surface area contributed by atoms with E-state index in [-0.39, 0.29) is 70.8 Å². The molecule has 6 aromatic heterocycles. The van der Waals surface area contributed by atoms with E-state index in [1.165, 1.54) is 24.6 Å². The summed E-state index contributed by atoms with van der Waals surface area (Å²) in [6, 6.07) is 30.1. The molecule has 0 N–H and O–H groups in total. The molecule has 9 unspecified atom stereocenters. The quantitative estimate of drug-likeness (QED) is 0.113. The van der Waals surface area contributed by atoms with Crippen LogP contribution in [0.2, 0.25) is 0 Å². The second-order valence-electron chi connectivity index (χ2n) is 23.6. The Hall–Kier alpha value is -7.68. The van der Waals surface area contributed by atoms with Crippen molar-refractivity contribution in [1.82, 2.24) is 49.6 Å². The third-order valence-electron chi connectivity index (χ3n) is 18.6. The van der Waals surface area contributed by atoms with Crippen molar-refractivity contribution < 1.29 is 32.0 Å². The lowest BCUT2D eigenvalue weighted by atomic mass is 9.86. The van der Waals surface area contributed by atoms with Crippen LogP contribution in [0, 0.1) is 36.3 Å². The van der Waals surface area contributed by atoms with Crippen LogP contribution in [0.5, 0.6) is 0 Å². The topological polar surface area (TPSA) is 177 Å². The molecule has 9 atom stereocenters. The summed E-state index contributed by atoms with van der Waals surface area (Å²) in [5.74, 6) is 0.920. The van der Waals surface area contributed by atoms with Crippen LogP contribution in [0.3, 0.4) is 0 Å². The predicted octanol–water partition coefficient (Wildman–Crippen LogP) is 14.6. The van der Waals surface area contributed by atoms with Gasteiger partial charge in [0.2, 0.25) is 11.8 Å². The highest BCUT2D eigenvalue weighted by Crippen LogP contribution is 2.48. The maximum Gasteiger partial charge on any atom is 0.255 e. The van der Waals surface area contributed by atoms with Gasteiger partial charge in [0.05, 0.1) is 45.8 Å². The molecule has 0 saturated carbocycles. The van der Waals surface area contributed by atoms with Gasteiger partial charge in [-0.25, -0.2) is 28.7 Å². The first-order valence-electron chi connectivity index (χ1n) is 29.9. The van der Waals surface area contributed by atoms with Gasteiger partial charge in [-0.15, -0.1) is 0 Å². The Morgan fingerprint density at radius 1 is 0.455 bits per heavy atom. The molecular formula is C68H61Br3F2N10O5. The van der Waals surface area contributed by atoms with E-state index in [1.54, 1.807) is 61.4 Å². The summed E-state index contributed by atoms with van der Waals surface area (Å²) in [6.45, 7) is 2.00. The molecule has 6 fully saturated rings. The molecule has 3 aromatic carbocycles. The number of carbonyl (C=O) groups excluding carboxylic acids is 3. The third-order valence-corrected chi connectivity index (χ3v) is 20.0. The Labute approximate surface area is 533 Å². The summed E-state index contributed by atoms with van der Waals surface area (Å²) in [5, 5.41) is 0. The average molecular weight is 1380 g/mol. The van der Waals surface area contributed by atoms with Crippen LogP contribution in [0.4, 0.5) is 8.78 Å². The molecule has 88 heavy (non-hydrogen) atoms. The van der Waals surface area contributed by atoms with Gasteiger partial charge in [-0.3, -0.25) is 29.3 Å². The minimum absolute atomic E-state index is 0.0978. The predicted molar refractivity (Wildman–Crippen MR) is 336 cm³/mol. The Balaban J connectivity index is 0.000000122. The summed E-state index contributed by atoms with van der Waals surface area (Å²) < 4.78 is 43.1. The zero-order chi connectivity index (χ0) is 60.6. The van der Waals surface area contributed by atoms with Crippen molar-refractivity contribution in [1.29, 1.82) is 0 Å². The normalized spacial score (nSPS) is 22.8. The summed E-state index contributed by atoms with van der Waals surface area (Å²) in [4.78, 5) is 77.0. The average Bonchev–Trinajstić information content (AvgIpc) is 2.35. The summed E-state index contributed by atoms with van der Waals surface area (Å²) in [5.41, 5.74) is 6.62. The van der Waals surface area contributed by atoms with E-state index in [9.17, 15) is 23.2 Å². The van der Waals surface area contributed by atoms with E-state index >= 15 is 0 Å². The number of carbonyl (C=O) groups is 3. The molecule has 0 radical (unpaired) electrons. The van der Waals surface area contributed by atoms with Gasteiger partial charge in [-0.05, 0) is 228 Å². The van der Waals surface area contributed by atoms with Gasteiger partial charge < -0.3 is 23.5 Å². The number of hydrogen-bond donors (Lipinski definition) is 0. The fourth-order valence-corrected chi connectivity index (χ4v) is 15.6. The summed E-state index contributed by atoms with van der Waals surface area (Å²) in [7, 11) is 0. The van der Waals surface area contributed by atoms with Crippen molar-refractivity contribution >= 4 is 65.5 Å². The molecule has 6 aliphatic heterocycles. The number of oxazole rings is 2. The van der Waals surface area contributed by atoms with Crippen LogP contribution in [-0.4, -0.2) is 104 Å². The number of benzene rings is 3. The monoisotopic (exact) mass is 1370 g/mol. The van der Waals surface area contributed by atoms with Crippen molar-refractivity contribution in [3.05, 3.63) is 217 Å². The SMILES string of the molecule is Cc1cccc(C(=O)N2C3CCC2C(Cc2ccc(Br)cn2)C3)c1-c1ncco1.O=C(c1cccc(F)c1-c1ncccn1)N1C2CCC1C(Cc1ccc(Br)cn1)C2.O=C(c1cccc(F)c1-c1ncco1)N1C2CCC1C(Cc1ccc(Br)cn1)C2. The molecule has 6 aliphatic rings. The second-order valence-corrected chi connectivity index (χ2v) is 26.4. The number of amides is 3. The molecule has 6 bridgehead atoms. The molecule has 9 aromatic rings. The van der Waals surface area contributed by atoms with Gasteiger partial charge in [0.25, 0.3) is 17.7 Å². The fraction of sp³-hybridized carbons (Fsp3) is 0.324. The smallest absolute Gasteiger partial charge is 0.255 e. The van der Waals surface area contributed by atoms with Gasteiger partial charge in [0.1, 0.15) is 24.2 Å². The molecule has 12 heterocycles. The summed E-state index contributed by atoms with van der Waals surface area (Å²) in [6.07, 6.45) is 26.2. The van der Waals surface area contributed by atoms with E-state index in [2.05, 4.69) is 93.6 Å². The van der Waals surface area contributed by atoms with Crippen molar-refractivity contribution in [2.45, 2.75) is 120 Å². The highest BCUT2D eigenvalue weighted by atomic mass is 79.9. The van der Waals surface area contributed by atoms with Gasteiger partial charge in [0.15, 0.2) is 5.82 Å². The van der Waals surface area contributed by atoms with Crippen LogP contribution in [0.15, 0.2) is 175 Å². The van der Waals surface area contributed by atoms with Crippen molar-refractivity contribution in [3.8, 4) is 34.3 Å². The van der Waals surface area contributed by atoms with Crippen LogP contribution >= 0.6 is 47.8 Å². The molecule has 20 heteroatoms. The Kier molecular flexibility index (Phi) is 17.4. The Morgan fingerprint density at radius 2 is 0.841 bits per heavy atom. The first-order valence-corrected chi connectivity index (χ1v) is 32.3. The number of aromatic nitrogens is 7. The van der Waals surface area contributed by atoms with Gasteiger partial charge in [0, 0.05) is 97.7 Å². The fourth-order valence-electron chi connectivity index (χ4n) is 14.9. The largest absolute Gasteiger partial charge is 0.444 e. The van der Waals surface area contributed by atoms with Crippen molar-refractivity contribution in [2.75, 3.05) is 0 Å². The highest BCUT2D eigenvalue weighted by molar-refractivity contribution is 9.11. The van der Waals surface area contributed by atoms with Crippen molar-refractivity contribution in [3.63, 3.8) is 0 Å². The highest BCUT2D eigenvalue weighted by Gasteiger charge is 2.51.